The fourth-order valence-electron chi connectivity index (χ4n) is 2.81. The summed E-state index contributed by atoms with van der Waals surface area (Å²) >= 11 is 0. The number of nitrogens with one attached hydrogen (secondary N) is 2. The molecule has 0 heterocycles. The van der Waals surface area contributed by atoms with Crippen molar-refractivity contribution in [3.8, 4) is 0 Å². The van der Waals surface area contributed by atoms with Crippen LogP contribution in [-0.2, 0) is 24.8 Å². The molecule has 0 aromatic heterocycles. The van der Waals surface area contributed by atoms with Gasteiger partial charge in [-0.1, -0.05) is 40.0 Å². The SMILES string of the molecule is CC(C)(C)C(=O)CNS(=O)(=O)c1ccc(S(=O)(=O)NC2CCCCC2)cc1. The Morgan fingerprint density at radius 2 is 1.41 bits per heavy atom. The van der Waals surface area contributed by atoms with E-state index >= 15 is 0 Å². The summed E-state index contributed by atoms with van der Waals surface area (Å²) in [6, 6.07) is 4.94. The summed E-state index contributed by atoms with van der Waals surface area (Å²) in [5.41, 5.74) is -0.648. The number of benzene rings is 1. The van der Waals surface area contributed by atoms with Crippen LogP contribution in [0.4, 0.5) is 0 Å². The number of sulfonamides is 2. The Morgan fingerprint density at radius 1 is 0.926 bits per heavy atom. The summed E-state index contributed by atoms with van der Waals surface area (Å²) in [7, 11) is -7.58. The minimum absolute atomic E-state index is 0.0257. The maximum atomic E-state index is 12.5. The Hall–Kier alpha value is -1.29. The van der Waals surface area contributed by atoms with Crippen molar-refractivity contribution in [3.05, 3.63) is 24.3 Å². The Morgan fingerprint density at radius 3 is 1.89 bits per heavy atom. The van der Waals surface area contributed by atoms with E-state index in [0.717, 1.165) is 32.1 Å². The van der Waals surface area contributed by atoms with Crippen molar-refractivity contribution < 1.29 is 21.6 Å². The molecule has 0 unspecified atom stereocenters. The molecule has 0 aliphatic heterocycles. The number of hydrogen-bond donors (Lipinski definition) is 2. The van der Waals surface area contributed by atoms with E-state index in [1.165, 1.54) is 24.3 Å². The van der Waals surface area contributed by atoms with Gasteiger partial charge in [-0.25, -0.2) is 26.3 Å². The second kappa shape index (κ2) is 8.38. The largest absolute Gasteiger partial charge is 0.298 e. The zero-order chi connectivity index (χ0) is 20.3. The Balaban J connectivity index is 2.07. The molecule has 0 spiro atoms. The van der Waals surface area contributed by atoms with Crippen molar-refractivity contribution in [1.82, 2.24) is 9.44 Å². The van der Waals surface area contributed by atoms with E-state index in [4.69, 9.17) is 0 Å². The van der Waals surface area contributed by atoms with Gasteiger partial charge in [0.25, 0.3) is 0 Å². The third-order valence-electron chi connectivity index (χ3n) is 4.63. The van der Waals surface area contributed by atoms with Crippen LogP contribution >= 0.6 is 0 Å². The smallest absolute Gasteiger partial charge is 0.240 e. The summed E-state index contributed by atoms with van der Waals surface area (Å²) in [4.78, 5) is 11.8. The van der Waals surface area contributed by atoms with Crippen molar-refractivity contribution in [1.29, 1.82) is 0 Å². The first-order chi connectivity index (χ1) is 12.4. The summed E-state index contributed by atoms with van der Waals surface area (Å²) in [5.74, 6) is -0.234. The Kier molecular flexibility index (Phi) is 6.83. The van der Waals surface area contributed by atoms with Crippen LogP contribution < -0.4 is 9.44 Å². The van der Waals surface area contributed by atoms with Gasteiger partial charge in [0.2, 0.25) is 20.0 Å². The van der Waals surface area contributed by atoms with Gasteiger partial charge in [0.1, 0.15) is 0 Å². The Bertz CT molecular complexity index is 863. The first-order valence-corrected chi connectivity index (χ1v) is 12.0. The average Bonchev–Trinajstić information content (AvgIpc) is 2.59. The van der Waals surface area contributed by atoms with E-state index in [1.807, 2.05) is 0 Å². The van der Waals surface area contributed by atoms with Crippen molar-refractivity contribution in [2.45, 2.75) is 68.7 Å². The fourth-order valence-corrected chi connectivity index (χ4v) is 5.10. The van der Waals surface area contributed by atoms with Gasteiger partial charge in [-0.2, -0.15) is 0 Å². The normalized spacial score (nSPS) is 17.0. The molecule has 1 aromatic carbocycles. The fraction of sp³-hybridized carbons (Fsp3) is 0.611. The van der Waals surface area contributed by atoms with E-state index in [0.29, 0.717) is 0 Å². The van der Waals surface area contributed by atoms with Crippen LogP contribution in [0, 0.1) is 5.41 Å². The molecule has 1 aliphatic carbocycles. The lowest BCUT2D eigenvalue weighted by Crippen LogP contribution is -2.36. The van der Waals surface area contributed by atoms with E-state index in [2.05, 4.69) is 9.44 Å². The number of hydrogen-bond acceptors (Lipinski definition) is 5. The van der Waals surface area contributed by atoms with Crippen molar-refractivity contribution in [2.24, 2.45) is 5.41 Å². The minimum Gasteiger partial charge on any atom is -0.298 e. The molecule has 0 bridgehead atoms. The predicted molar refractivity (Wildman–Crippen MR) is 103 cm³/mol. The van der Waals surface area contributed by atoms with Gasteiger partial charge < -0.3 is 0 Å². The molecule has 0 saturated heterocycles. The topological polar surface area (TPSA) is 109 Å². The van der Waals surface area contributed by atoms with Crippen molar-refractivity contribution in [2.75, 3.05) is 6.54 Å². The number of carbonyl (C=O) groups excluding carboxylic acids is 1. The molecule has 152 valence electrons. The highest BCUT2D eigenvalue weighted by atomic mass is 32.2. The maximum Gasteiger partial charge on any atom is 0.240 e. The lowest BCUT2D eigenvalue weighted by molar-refractivity contribution is -0.125. The number of rotatable bonds is 7. The molecule has 1 fully saturated rings. The average molecular weight is 417 g/mol. The third-order valence-corrected chi connectivity index (χ3v) is 7.58. The molecule has 1 saturated carbocycles. The molecule has 7 nitrogen and oxygen atoms in total. The van der Waals surface area contributed by atoms with Gasteiger partial charge in [0.15, 0.2) is 5.78 Å². The molecular weight excluding hydrogens is 388 g/mol. The second-order valence-corrected chi connectivity index (χ2v) is 11.4. The quantitative estimate of drug-likeness (QED) is 0.708. The highest BCUT2D eigenvalue weighted by Crippen LogP contribution is 2.21. The molecule has 0 amide bonds. The van der Waals surface area contributed by atoms with E-state index < -0.39 is 25.5 Å². The molecule has 0 radical (unpaired) electrons. The van der Waals surface area contributed by atoms with E-state index in [9.17, 15) is 21.6 Å². The summed E-state index contributed by atoms with van der Waals surface area (Å²) in [6.07, 6.45) is 4.76. The Labute approximate surface area is 162 Å². The molecule has 0 atom stereocenters. The predicted octanol–water partition coefficient (Wildman–Crippen LogP) is 2.19. The summed E-state index contributed by atoms with van der Waals surface area (Å²) in [6.45, 7) is 4.82. The van der Waals surface area contributed by atoms with Gasteiger partial charge in [0.05, 0.1) is 16.3 Å². The van der Waals surface area contributed by atoms with E-state index in [1.54, 1.807) is 20.8 Å². The molecular formula is C18H28N2O5S2. The third kappa shape index (κ3) is 6.10. The number of ketones is 1. The summed E-state index contributed by atoms with van der Waals surface area (Å²) < 4.78 is 54.5. The van der Waals surface area contributed by atoms with Crippen LogP contribution in [0.1, 0.15) is 52.9 Å². The lowest BCUT2D eigenvalue weighted by atomic mass is 9.91. The van der Waals surface area contributed by atoms with Crippen LogP contribution in [0.3, 0.4) is 0 Å². The van der Waals surface area contributed by atoms with Gasteiger partial charge >= 0.3 is 0 Å². The van der Waals surface area contributed by atoms with Crippen molar-refractivity contribution in [3.63, 3.8) is 0 Å². The minimum atomic E-state index is -3.89. The zero-order valence-electron chi connectivity index (χ0n) is 16.0. The van der Waals surface area contributed by atoms with Gasteiger partial charge in [-0.05, 0) is 37.1 Å². The van der Waals surface area contributed by atoms with E-state index in [-0.39, 0.29) is 28.2 Å². The van der Waals surface area contributed by atoms with Crippen LogP contribution in [-0.4, -0.2) is 35.2 Å². The van der Waals surface area contributed by atoms with Crippen LogP contribution in [0.2, 0.25) is 0 Å². The molecule has 9 heteroatoms. The highest BCUT2D eigenvalue weighted by molar-refractivity contribution is 7.90. The molecule has 1 aromatic rings. The van der Waals surface area contributed by atoms with Crippen LogP contribution in [0.25, 0.3) is 0 Å². The van der Waals surface area contributed by atoms with Crippen LogP contribution in [0.5, 0.6) is 0 Å². The summed E-state index contributed by atoms with van der Waals surface area (Å²) in [5, 5.41) is 0. The van der Waals surface area contributed by atoms with Crippen molar-refractivity contribution >= 4 is 25.8 Å². The zero-order valence-corrected chi connectivity index (χ0v) is 17.6. The van der Waals surface area contributed by atoms with Crippen LogP contribution in [0.15, 0.2) is 34.1 Å². The lowest BCUT2D eigenvalue weighted by Gasteiger charge is -2.22. The molecule has 1 aliphatic rings. The standard InChI is InChI=1S/C18H28N2O5S2/c1-18(2,3)17(21)13-19-26(22,23)15-9-11-16(12-10-15)27(24,25)20-14-7-5-4-6-8-14/h9-12,14,19-20H,4-8,13H2,1-3H3. The monoisotopic (exact) mass is 416 g/mol. The number of carbonyl (C=O) groups is 1. The first-order valence-electron chi connectivity index (χ1n) is 9.07. The highest BCUT2D eigenvalue weighted by Gasteiger charge is 2.25. The maximum absolute atomic E-state index is 12.5. The van der Waals surface area contributed by atoms with Gasteiger partial charge in [0, 0.05) is 11.5 Å². The van der Waals surface area contributed by atoms with Gasteiger partial charge in [-0.3, -0.25) is 4.79 Å². The molecule has 27 heavy (non-hydrogen) atoms. The molecule has 2 N–H and O–H groups in total. The molecule has 2 rings (SSSR count). The number of Topliss-reactive ketones (excluding diaryl/α,β-unsaturated/α-hetero) is 1. The second-order valence-electron chi connectivity index (χ2n) is 7.93. The first kappa shape index (κ1) is 22.0. The van der Waals surface area contributed by atoms with Gasteiger partial charge in [-0.15, -0.1) is 0 Å².